The Morgan fingerprint density at radius 3 is 2.61 bits per heavy atom. The predicted molar refractivity (Wildman–Crippen MR) is 125 cm³/mol. The number of thioether (sulfide) groups is 1. The number of aryl methyl sites for hydroxylation is 1. The van der Waals surface area contributed by atoms with Gasteiger partial charge < -0.3 is 15.0 Å². The molecule has 1 aromatic heterocycles. The summed E-state index contributed by atoms with van der Waals surface area (Å²) in [4.78, 5) is 14.9. The number of carbonyl (C=O) groups excluding carboxylic acids is 1. The first kappa shape index (κ1) is 21.7. The maximum Gasteiger partial charge on any atom is 0.237 e. The number of morpholine rings is 1. The van der Waals surface area contributed by atoms with E-state index >= 15 is 0 Å². The molecule has 1 aliphatic rings. The van der Waals surface area contributed by atoms with Crippen molar-refractivity contribution in [3.8, 4) is 5.69 Å². The number of hydrogen-bond acceptors (Lipinski definition) is 6. The lowest BCUT2D eigenvalue weighted by Crippen LogP contribution is -2.38. The van der Waals surface area contributed by atoms with E-state index in [1.807, 2.05) is 23.6 Å². The zero-order chi connectivity index (χ0) is 21.8. The first-order chi connectivity index (χ1) is 15.0. The smallest absolute Gasteiger partial charge is 0.237 e. The molecule has 2 aromatic carbocycles. The lowest BCUT2D eigenvalue weighted by molar-refractivity contribution is -0.115. The third-order valence-corrected chi connectivity index (χ3v) is 6.23. The predicted octanol–water partition coefficient (Wildman–Crippen LogP) is 4.19. The van der Waals surface area contributed by atoms with E-state index in [2.05, 4.69) is 39.5 Å². The lowest BCUT2D eigenvalue weighted by atomic mass is 10.2. The highest BCUT2D eigenvalue weighted by Crippen LogP contribution is 2.30. The van der Waals surface area contributed by atoms with Crippen molar-refractivity contribution in [2.75, 3.05) is 36.5 Å². The van der Waals surface area contributed by atoms with Crippen LogP contribution in [0.5, 0.6) is 0 Å². The van der Waals surface area contributed by atoms with E-state index in [4.69, 9.17) is 16.3 Å². The number of hydrogen-bond donors (Lipinski definition) is 1. The Labute approximate surface area is 190 Å². The van der Waals surface area contributed by atoms with Gasteiger partial charge in [0.15, 0.2) is 5.16 Å². The van der Waals surface area contributed by atoms with Gasteiger partial charge in [-0.05, 0) is 55.8 Å². The van der Waals surface area contributed by atoms with Gasteiger partial charge in [0.1, 0.15) is 0 Å². The van der Waals surface area contributed by atoms with Crippen LogP contribution in [0, 0.1) is 6.92 Å². The van der Waals surface area contributed by atoms with Crippen LogP contribution in [0.3, 0.4) is 0 Å². The molecule has 162 valence electrons. The fourth-order valence-corrected chi connectivity index (χ4v) is 4.28. The van der Waals surface area contributed by atoms with Crippen LogP contribution in [-0.2, 0) is 9.53 Å². The van der Waals surface area contributed by atoms with Gasteiger partial charge in [-0.1, -0.05) is 35.5 Å². The van der Waals surface area contributed by atoms with Gasteiger partial charge in [0.25, 0.3) is 0 Å². The molecule has 4 rings (SSSR count). The summed E-state index contributed by atoms with van der Waals surface area (Å²) in [7, 11) is 0. The van der Waals surface area contributed by atoms with Gasteiger partial charge in [-0.15, -0.1) is 10.2 Å². The topological polar surface area (TPSA) is 72.3 Å². The number of carbonyl (C=O) groups is 1. The molecule has 1 saturated heterocycles. The number of amides is 1. The molecule has 7 nitrogen and oxygen atoms in total. The van der Waals surface area contributed by atoms with E-state index in [0.717, 1.165) is 30.3 Å². The highest BCUT2D eigenvalue weighted by atomic mass is 35.5. The Morgan fingerprint density at radius 1 is 1.16 bits per heavy atom. The molecular weight excluding hydrogens is 434 g/mol. The fraction of sp³-hybridized carbons (Fsp3) is 0.318. The number of halogens is 1. The SMILES string of the molecule is Cc1cccc(-n2c(SC(C)C(=O)Nc3ccc(Cl)cc3)nnc2N2CCOCC2)c1. The van der Waals surface area contributed by atoms with E-state index in [0.29, 0.717) is 29.1 Å². The Hall–Kier alpha value is -2.55. The molecule has 0 radical (unpaired) electrons. The summed E-state index contributed by atoms with van der Waals surface area (Å²) < 4.78 is 7.51. The zero-order valence-electron chi connectivity index (χ0n) is 17.4. The normalized spacial score (nSPS) is 15.0. The van der Waals surface area contributed by atoms with Crippen molar-refractivity contribution in [1.82, 2.24) is 14.8 Å². The molecule has 0 saturated carbocycles. The summed E-state index contributed by atoms with van der Waals surface area (Å²) in [6, 6.07) is 15.2. The number of rotatable bonds is 6. The first-order valence-corrected chi connectivity index (χ1v) is 11.4. The van der Waals surface area contributed by atoms with E-state index in [-0.39, 0.29) is 11.2 Å². The number of ether oxygens (including phenoxy) is 1. The Bertz CT molecular complexity index is 1050. The van der Waals surface area contributed by atoms with Crippen molar-refractivity contribution in [2.45, 2.75) is 24.3 Å². The number of nitrogens with one attached hydrogen (secondary N) is 1. The minimum atomic E-state index is -0.374. The van der Waals surface area contributed by atoms with E-state index in [9.17, 15) is 4.79 Å². The average Bonchev–Trinajstić information content (AvgIpc) is 3.19. The summed E-state index contributed by atoms with van der Waals surface area (Å²) in [5, 5.41) is 12.8. The minimum Gasteiger partial charge on any atom is -0.378 e. The summed E-state index contributed by atoms with van der Waals surface area (Å²) >= 11 is 7.30. The van der Waals surface area contributed by atoms with Gasteiger partial charge in [0.05, 0.1) is 24.2 Å². The lowest BCUT2D eigenvalue weighted by Gasteiger charge is -2.28. The third kappa shape index (κ3) is 5.20. The highest BCUT2D eigenvalue weighted by molar-refractivity contribution is 8.00. The average molecular weight is 458 g/mol. The summed E-state index contributed by atoms with van der Waals surface area (Å²) in [6.45, 7) is 6.73. The highest BCUT2D eigenvalue weighted by Gasteiger charge is 2.25. The van der Waals surface area contributed by atoms with E-state index in [1.54, 1.807) is 24.3 Å². The quantitative estimate of drug-likeness (QED) is 0.560. The Balaban J connectivity index is 1.59. The fourth-order valence-electron chi connectivity index (χ4n) is 3.29. The summed E-state index contributed by atoms with van der Waals surface area (Å²) in [5.74, 6) is 0.653. The van der Waals surface area contributed by atoms with Gasteiger partial charge >= 0.3 is 0 Å². The Kier molecular flexibility index (Phi) is 6.80. The molecule has 1 aliphatic heterocycles. The van der Waals surface area contributed by atoms with E-state index < -0.39 is 0 Å². The van der Waals surface area contributed by atoms with Gasteiger partial charge in [-0.3, -0.25) is 9.36 Å². The molecule has 31 heavy (non-hydrogen) atoms. The van der Waals surface area contributed by atoms with Gasteiger partial charge in [0.2, 0.25) is 11.9 Å². The molecule has 1 amide bonds. The maximum atomic E-state index is 12.8. The van der Waals surface area contributed by atoms with Gasteiger partial charge in [-0.25, -0.2) is 0 Å². The van der Waals surface area contributed by atoms with Crippen LogP contribution in [0.4, 0.5) is 11.6 Å². The second-order valence-corrected chi connectivity index (χ2v) is 9.06. The molecule has 0 aliphatic carbocycles. The van der Waals surface area contributed by atoms with Crippen LogP contribution in [0.2, 0.25) is 5.02 Å². The van der Waals surface area contributed by atoms with Crippen LogP contribution >= 0.6 is 23.4 Å². The molecule has 1 N–H and O–H groups in total. The van der Waals surface area contributed by atoms with Crippen molar-refractivity contribution >= 4 is 40.9 Å². The monoisotopic (exact) mass is 457 g/mol. The molecule has 1 fully saturated rings. The second kappa shape index (κ2) is 9.72. The number of anilines is 2. The van der Waals surface area contributed by atoms with Crippen molar-refractivity contribution in [3.63, 3.8) is 0 Å². The molecule has 3 aromatic rings. The maximum absolute atomic E-state index is 12.8. The first-order valence-electron chi connectivity index (χ1n) is 10.1. The minimum absolute atomic E-state index is 0.112. The zero-order valence-corrected chi connectivity index (χ0v) is 19.0. The third-order valence-electron chi connectivity index (χ3n) is 4.93. The number of aromatic nitrogens is 3. The summed E-state index contributed by atoms with van der Waals surface area (Å²) in [6.07, 6.45) is 0. The van der Waals surface area contributed by atoms with E-state index in [1.165, 1.54) is 11.8 Å². The Morgan fingerprint density at radius 2 is 1.90 bits per heavy atom. The van der Waals surface area contributed by atoms with Gasteiger partial charge in [0, 0.05) is 23.8 Å². The summed E-state index contributed by atoms with van der Waals surface area (Å²) in [5.41, 5.74) is 2.82. The number of benzene rings is 2. The molecule has 1 atom stereocenters. The van der Waals surface area contributed by atoms with Crippen molar-refractivity contribution < 1.29 is 9.53 Å². The van der Waals surface area contributed by atoms with Crippen molar-refractivity contribution in [3.05, 3.63) is 59.1 Å². The van der Waals surface area contributed by atoms with Gasteiger partial charge in [-0.2, -0.15) is 0 Å². The molecule has 9 heteroatoms. The molecule has 2 heterocycles. The second-order valence-electron chi connectivity index (χ2n) is 7.31. The molecule has 1 unspecified atom stereocenters. The largest absolute Gasteiger partial charge is 0.378 e. The van der Waals surface area contributed by atoms with Crippen molar-refractivity contribution in [2.24, 2.45) is 0 Å². The molecular formula is C22H24ClN5O2S. The number of nitrogens with zero attached hydrogens (tertiary/aromatic N) is 4. The standard InChI is InChI=1S/C22H24ClN5O2S/c1-15-4-3-5-19(14-15)28-21(27-10-12-30-13-11-27)25-26-22(28)31-16(2)20(29)24-18-8-6-17(23)7-9-18/h3-9,14,16H,10-13H2,1-2H3,(H,24,29). The molecule has 0 spiro atoms. The van der Waals surface area contributed by atoms with Crippen molar-refractivity contribution in [1.29, 1.82) is 0 Å². The van der Waals surface area contributed by atoms with Crippen LogP contribution in [0.25, 0.3) is 5.69 Å². The van der Waals surface area contributed by atoms with Crippen LogP contribution < -0.4 is 10.2 Å². The van der Waals surface area contributed by atoms with Crippen LogP contribution in [0.1, 0.15) is 12.5 Å². The molecule has 0 bridgehead atoms. The van der Waals surface area contributed by atoms with Crippen LogP contribution in [-0.4, -0.2) is 52.2 Å². The van der Waals surface area contributed by atoms with Crippen LogP contribution in [0.15, 0.2) is 53.7 Å².